The van der Waals surface area contributed by atoms with Crippen LogP contribution >= 0.6 is 0 Å². The fourth-order valence-corrected chi connectivity index (χ4v) is 4.90. The summed E-state index contributed by atoms with van der Waals surface area (Å²) in [5.74, 6) is -0.600. The third-order valence-electron chi connectivity index (χ3n) is 4.33. The van der Waals surface area contributed by atoms with Crippen molar-refractivity contribution in [1.82, 2.24) is 5.32 Å². The Morgan fingerprint density at radius 3 is 2.71 bits per heavy atom. The van der Waals surface area contributed by atoms with Crippen molar-refractivity contribution < 1.29 is 13.0 Å². The van der Waals surface area contributed by atoms with Gasteiger partial charge in [-0.1, -0.05) is 20.3 Å². The Bertz CT molecular complexity index is 509. The van der Waals surface area contributed by atoms with Crippen molar-refractivity contribution in [1.29, 1.82) is 0 Å². The molecular formula is C16H23F2NOS. The molecule has 0 bridgehead atoms. The number of hydrogen-bond acceptors (Lipinski definition) is 2. The van der Waals surface area contributed by atoms with Crippen LogP contribution in [0.2, 0.25) is 0 Å². The summed E-state index contributed by atoms with van der Waals surface area (Å²) in [6.07, 6.45) is 3.89. The zero-order valence-electron chi connectivity index (χ0n) is 12.6. The first-order chi connectivity index (χ1) is 10.1. The van der Waals surface area contributed by atoms with Gasteiger partial charge in [-0.25, -0.2) is 8.78 Å². The van der Waals surface area contributed by atoms with Crippen LogP contribution in [0, 0.1) is 17.6 Å². The van der Waals surface area contributed by atoms with E-state index in [2.05, 4.69) is 12.2 Å². The Hall–Kier alpha value is -0.810. The van der Waals surface area contributed by atoms with Crippen molar-refractivity contribution in [3.05, 3.63) is 29.8 Å². The topological polar surface area (TPSA) is 29.1 Å². The van der Waals surface area contributed by atoms with E-state index in [1.165, 1.54) is 0 Å². The maximum atomic E-state index is 13.9. The van der Waals surface area contributed by atoms with E-state index in [4.69, 9.17) is 0 Å². The summed E-state index contributed by atoms with van der Waals surface area (Å²) in [5, 5.41) is 3.20. The molecule has 1 fully saturated rings. The van der Waals surface area contributed by atoms with Crippen LogP contribution < -0.4 is 5.32 Å². The highest BCUT2D eigenvalue weighted by molar-refractivity contribution is 7.85. The molecule has 1 aromatic carbocycles. The Morgan fingerprint density at radius 1 is 1.29 bits per heavy atom. The third-order valence-corrected chi connectivity index (χ3v) is 6.15. The molecule has 0 saturated heterocycles. The van der Waals surface area contributed by atoms with Crippen LogP contribution in [-0.2, 0) is 10.8 Å². The molecule has 2 nitrogen and oxygen atoms in total. The lowest BCUT2D eigenvalue weighted by molar-refractivity contribution is 0.294. The average Bonchev–Trinajstić information content (AvgIpc) is 2.49. The molecule has 1 N–H and O–H groups in total. The average molecular weight is 315 g/mol. The van der Waals surface area contributed by atoms with Gasteiger partial charge in [-0.05, 0) is 49.9 Å². The maximum absolute atomic E-state index is 13.9. The van der Waals surface area contributed by atoms with Crippen molar-refractivity contribution in [2.24, 2.45) is 5.92 Å². The lowest BCUT2D eigenvalue weighted by Gasteiger charge is -2.35. The first kappa shape index (κ1) is 16.6. The molecule has 0 aliphatic heterocycles. The molecule has 4 unspecified atom stereocenters. The minimum Gasteiger partial charge on any atom is -0.313 e. The second-order valence-electron chi connectivity index (χ2n) is 5.66. The van der Waals surface area contributed by atoms with E-state index in [9.17, 15) is 13.0 Å². The van der Waals surface area contributed by atoms with Gasteiger partial charge in [0.25, 0.3) is 0 Å². The number of nitrogens with one attached hydrogen (secondary N) is 1. The summed E-state index contributed by atoms with van der Waals surface area (Å²) in [6.45, 7) is 4.93. The van der Waals surface area contributed by atoms with Gasteiger partial charge in [-0.2, -0.15) is 0 Å². The number of halogens is 2. The smallest absolute Gasteiger partial charge is 0.139 e. The summed E-state index contributed by atoms with van der Waals surface area (Å²) in [4.78, 5) is -0.000318. The Balaban J connectivity index is 2.25. The van der Waals surface area contributed by atoms with Gasteiger partial charge in [0, 0.05) is 6.04 Å². The standard InChI is InChI=1S/C16H23F2NOS/c1-3-11-5-8-14(19-4-2)16(9-11)21(20)15-10-12(17)6-7-13(15)18/h6-7,10-11,14,16,19H,3-5,8-9H2,1-2H3. The number of rotatable bonds is 5. The van der Waals surface area contributed by atoms with Crippen molar-refractivity contribution in [2.75, 3.05) is 6.54 Å². The van der Waals surface area contributed by atoms with E-state index in [0.29, 0.717) is 5.92 Å². The van der Waals surface area contributed by atoms with Crippen LogP contribution in [0.25, 0.3) is 0 Å². The normalized spacial score (nSPS) is 27.5. The first-order valence-electron chi connectivity index (χ1n) is 7.65. The molecule has 0 aromatic heterocycles. The maximum Gasteiger partial charge on any atom is 0.139 e. The fraction of sp³-hybridized carbons (Fsp3) is 0.625. The molecule has 1 aliphatic rings. The Morgan fingerprint density at radius 2 is 2.05 bits per heavy atom. The largest absolute Gasteiger partial charge is 0.313 e. The highest BCUT2D eigenvalue weighted by Gasteiger charge is 2.34. The monoisotopic (exact) mass is 315 g/mol. The predicted octanol–water partition coefficient (Wildman–Crippen LogP) is 3.63. The quantitative estimate of drug-likeness (QED) is 0.899. The second kappa shape index (κ2) is 7.45. The fourth-order valence-electron chi connectivity index (χ4n) is 3.11. The first-order valence-corrected chi connectivity index (χ1v) is 8.87. The molecule has 0 heterocycles. The van der Waals surface area contributed by atoms with Gasteiger partial charge in [0.05, 0.1) is 20.9 Å². The zero-order valence-corrected chi connectivity index (χ0v) is 13.4. The van der Waals surface area contributed by atoms with Crippen LogP contribution in [0.5, 0.6) is 0 Å². The van der Waals surface area contributed by atoms with E-state index >= 15 is 0 Å². The lowest BCUT2D eigenvalue weighted by atomic mass is 9.84. The molecule has 0 amide bonds. The van der Waals surface area contributed by atoms with Crippen molar-refractivity contribution >= 4 is 10.8 Å². The third kappa shape index (κ3) is 3.89. The van der Waals surface area contributed by atoms with Crippen LogP contribution in [-0.4, -0.2) is 22.0 Å². The molecule has 1 aliphatic carbocycles. The zero-order chi connectivity index (χ0) is 15.4. The van der Waals surface area contributed by atoms with Crippen molar-refractivity contribution in [2.45, 2.75) is 55.7 Å². The molecular weight excluding hydrogens is 292 g/mol. The van der Waals surface area contributed by atoms with Gasteiger partial charge >= 0.3 is 0 Å². The molecule has 5 heteroatoms. The van der Waals surface area contributed by atoms with Crippen LogP contribution in [0.15, 0.2) is 23.1 Å². The number of hydrogen-bond donors (Lipinski definition) is 1. The second-order valence-corrected chi connectivity index (χ2v) is 7.30. The van der Waals surface area contributed by atoms with E-state index < -0.39 is 22.4 Å². The van der Waals surface area contributed by atoms with Crippen molar-refractivity contribution in [3.8, 4) is 0 Å². The number of benzene rings is 1. The molecule has 1 saturated carbocycles. The molecule has 118 valence electrons. The van der Waals surface area contributed by atoms with Crippen molar-refractivity contribution in [3.63, 3.8) is 0 Å². The molecule has 0 radical (unpaired) electrons. The highest BCUT2D eigenvalue weighted by atomic mass is 32.2. The summed E-state index contributed by atoms with van der Waals surface area (Å²) < 4.78 is 40.0. The molecule has 0 spiro atoms. The summed E-state index contributed by atoms with van der Waals surface area (Å²) in [5.41, 5.74) is 0. The van der Waals surface area contributed by atoms with Gasteiger partial charge < -0.3 is 5.32 Å². The van der Waals surface area contributed by atoms with Gasteiger partial charge in [0.2, 0.25) is 0 Å². The Labute approximate surface area is 127 Å². The predicted molar refractivity (Wildman–Crippen MR) is 81.7 cm³/mol. The molecule has 21 heavy (non-hydrogen) atoms. The van der Waals surface area contributed by atoms with Gasteiger partial charge in [0.15, 0.2) is 0 Å². The van der Waals surface area contributed by atoms with Gasteiger partial charge in [0.1, 0.15) is 11.6 Å². The summed E-state index contributed by atoms with van der Waals surface area (Å²) in [6, 6.07) is 3.31. The van der Waals surface area contributed by atoms with E-state index in [1.54, 1.807) is 0 Å². The van der Waals surface area contributed by atoms with Crippen LogP contribution in [0.3, 0.4) is 0 Å². The van der Waals surface area contributed by atoms with Gasteiger partial charge in [-0.15, -0.1) is 0 Å². The summed E-state index contributed by atoms with van der Waals surface area (Å²) >= 11 is 0. The van der Waals surface area contributed by atoms with Gasteiger partial charge in [-0.3, -0.25) is 4.21 Å². The molecule has 4 atom stereocenters. The van der Waals surface area contributed by atoms with Crippen LogP contribution in [0.4, 0.5) is 8.78 Å². The molecule has 2 rings (SSSR count). The van der Waals surface area contributed by atoms with Crippen LogP contribution in [0.1, 0.15) is 39.5 Å². The van der Waals surface area contributed by atoms with E-state index in [-0.39, 0.29) is 16.2 Å². The van der Waals surface area contributed by atoms with E-state index in [0.717, 1.165) is 50.4 Å². The lowest BCUT2D eigenvalue weighted by Crippen LogP contribution is -2.46. The highest BCUT2D eigenvalue weighted by Crippen LogP contribution is 2.32. The summed E-state index contributed by atoms with van der Waals surface area (Å²) in [7, 11) is -1.52. The molecule has 1 aromatic rings. The van der Waals surface area contributed by atoms with E-state index in [1.807, 2.05) is 6.92 Å². The Kier molecular flexibility index (Phi) is 5.88. The minimum absolute atomic E-state index is 0.000318. The SMILES string of the molecule is CCNC1CCC(CC)CC1S(=O)c1cc(F)ccc1F. The minimum atomic E-state index is -1.52.